The van der Waals surface area contributed by atoms with Crippen molar-refractivity contribution in [2.45, 2.75) is 32.8 Å². The van der Waals surface area contributed by atoms with Crippen LogP contribution >= 0.6 is 0 Å². The molecule has 3 aromatic heterocycles. The molecule has 7 nitrogen and oxygen atoms in total. The van der Waals surface area contributed by atoms with Gasteiger partial charge in [0, 0.05) is 30.0 Å². The summed E-state index contributed by atoms with van der Waals surface area (Å²) < 4.78 is 5.51. The SMILES string of the molecule is CCOCc1nc2c(N)nc3cc(-c4cccnc4)cc(CCCCN)c3c2[nH]1. The maximum atomic E-state index is 6.26. The minimum atomic E-state index is 0.419. The van der Waals surface area contributed by atoms with Gasteiger partial charge in [0.15, 0.2) is 5.82 Å². The predicted molar refractivity (Wildman–Crippen MR) is 116 cm³/mol. The Bertz CT molecular complexity index is 1120. The molecule has 0 amide bonds. The molecule has 0 saturated heterocycles. The molecule has 0 fully saturated rings. The van der Waals surface area contributed by atoms with Gasteiger partial charge in [-0.15, -0.1) is 0 Å². The van der Waals surface area contributed by atoms with Crippen LogP contribution in [0.2, 0.25) is 0 Å². The third kappa shape index (κ3) is 3.92. The lowest BCUT2D eigenvalue weighted by Crippen LogP contribution is -2.01. The van der Waals surface area contributed by atoms with E-state index in [0.717, 1.165) is 52.6 Å². The van der Waals surface area contributed by atoms with E-state index in [1.165, 1.54) is 5.56 Å². The molecule has 3 heterocycles. The normalized spacial score (nSPS) is 11.5. The Labute approximate surface area is 169 Å². The number of aryl methyl sites for hydroxylation is 1. The number of pyridine rings is 2. The van der Waals surface area contributed by atoms with Crippen LogP contribution in [0.15, 0.2) is 36.7 Å². The van der Waals surface area contributed by atoms with E-state index < -0.39 is 0 Å². The van der Waals surface area contributed by atoms with Gasteiger partial charge >= 0.3 is 0 Å². The molecule has 0 aliphatic rings. The first-order chi connectivity index (χ1) is 14.2. The molecule has 150 valence electrons. The number of rotatable bonds is 8. The number of aromatic nitrogens is 4. The standard InChI is InChI=1S/C22H26N6O/c1-2-29-13-18-27-20-19-14(6-3-4-8-23)10-16(15-7-5-9-25-12-15)11-17(19)26-22(24)21(20)28-18/h5,7,9-12H,2-4,6,8,13,23H2,1H3,(H2,24,26)(H,27,28). The molecule has 0 bridgehead atoms. The number of nitrogens with two attached hydrogens (primary N) is 2. The maximum Gasteiger partial charge on any atom is 0.152 e. The second-order valence-corrected chi connectivity index (χ2v) is 7.06. The van der Waals surface area contributed by atoms with Crippen LogP contribution in [0, 0.1) is 0 Å². The zero-order valence-corrected chi connectivity index (χ0v) is 16.6. The van der Waals surface area contributed by atoms with Gasteiger partial charge in [0.25, 0.3) is 0 Å². The van der Waals surface area contributed by atoms with Gasteiger partial charge < -0.3 is 21.2 Å². The summed E-state index contributed by atoms with van der Waals surface area (Å²) >= 11 is 0. The Kier molecular flexibility index (Phi) is 5.69. The average Bonchev–Trinajstić information content (AvgIpc) is 3.17. The van der Waals surface area contributed by atoms with Crippen molar-refractivity contribution in [3.63, 3.8) is 0 Å². The fraction of sp³-hybridized carbons (Fsp3) is 0.318. The van der Waals surface area contributed by atoms with Gasteiger partial charge in [0.05, 0.1) is 11.0 Å². The summed E-state index contributed by atoms with van der Waals surface area (Å²) in [6.45, 7) is 3.69. The number of anilines is 1. The van der Waals surface area contributed by atoms with Crippen molar-refractivity contribution in [2.75, 3.05) is 18.9 Å². The molecule has 5 N–H and O–H groups in total. The summed E-state index contributed by atoms with van der Waals surface area (Å²) in [5.74, 6) is 1.18. The highest BCUT2D eigenvalue weighted by Gasteiger charge is 2.16. The number of fused-ring (bicyclic) bond motifs is 3. The van der Waals surface area contributed by atoms with Crippen LogP contribution in [0.3, 0.4) is 0 Å². The van der Waals surface area contributed by atoms with Gasteiger partial charge in [-0.25, -0.2) is 9.97 Å². The van der Waals surface area contributed by atoms with Crippen LogP contribution in [0.25, 0.3) is 33.1 Å². The number of benzene rings is 1. The molecule has 4 rings (SSSR count). The molecule has 0 radical (unpaired) electrons. The number of H-pyrrole nitrogens is 1. The van der Waals surface area contributed by atoms with Crippen LogP contribution in [-0.4, -0.2) is 33.1 Å². The van der Waals surface area contributed by atoms with E-state index in [4.69, 9.17) is 16.2 Å². The second kappa shape index (κ2) is 8.55. The molecule has 0 atom stereocenters. The molecule has 0 saturated carbocycles. The first kappa shape index (κ1) is 19.3. The number of nitrogen functional groups attached to an aromatic ring is 1. The zero-order chi connectivity index (χ0) is 20.2. The molecule has 0 aliphatic carbocycles. The summed E-state index contributed by atoms with van der Waals surface area (Å²) in [6.07, 6.45) is 6.53. The fourth-order valence-electron chi connectivity index (χ4n) is 3.66. The van der Waals surface area contributed by atoms with Crippen LogP contribution in [0.4, 0.5) is 5.82 Å². The van der Waals surface area contributed by atoms with E-state index in [0.29, 0.717) is 31.1 Å². The van der Waals surface area contributed by atoms with Crippen LogP contribution in [0.5, 0.6) is 0 Å². The van der Waals surface area contributed by atoms with Gasteiger partial charge in [0.1, 0.15) is 17.9 Å². The third-order valence-corrected chi connectivity index (χ3v) is 5.02. The lowest BCUT2D eigenvalue weighted by atomic mass is 9.96. The Morgan fingerprint density at radius 1 is 1.14 bits per heavy atom. The summed E-state index contributed by atoms with van der Waals surface area (Å²) in [7, 11) is 0. The number of imidazole rings is 1. The highest BCUT2D eigenvalue weighted by Crippen LogP contribution is 2.33. The summed E-state index contributed by atoms with van der Waals surface area (Å²) in [6, 6.07) is 8.28. The number of nitrogens with one attached hydrogen (secondary N) is 1. The van der Waals surface area contributed by atoms with E-state index in [-0.39, 0.29) is 0 Å². The van der Waals surface area contributed by atoms with Crippen molar-refractivity contribution in [2.24, 2.45) is 5.73 Å². The van der Waals surface area contributed by atoms with E-state index in [9.17, 15) is 0 Å². The largest absolute Gasteiger partial charge is 0.382 e. The van der Waals surface area contributed by atoms with Crippen molar-refractivity contribution >= 4 is 27.8 Å². The quantitative estimate of drug-likeness (QED) is 0.396. The van der Waals surface area contributed by atoms with E-state index in [1.807, 2.05) is 19.2 Å². The Balaban J connectivity index is 1.92. The Hall–Kier alpha value is -3.03. The fourth-order valence-corrected chi connectivity index (χ4v) is 3.66. The van der Waals surface area contributed by atoms with Crippen molar-refractivity contribution < 1.29 is 4.74 Å². The highest BCUT2D eigenvalue weighted by atomic mass is 16.5. The average molecular weight is 390 g/mol. The van der Waals surface area contributed by atoms with Gasteiger partial charge in [-0.2, -0.15) is 0 Å². The lowest BCUT2D eigenvalue weighted by molar-refractivity contribution is 0.129. The molecular weight excluding hydrogens is 364 g/mol. The highest BCUT2D eigenvalue weighted by molar-refractivity contribution is 6.08. The van der Waals surface area contributed by atoms with Gasteiger partial charge in [-0.3, -0.25) is 4.98 Å². The number of unbranched alkanes of at least 4 members (excludes halogenated alkanes) is 1. The zero-order valence-electron chi connectivity index (χ0n) is 16.6. The van der Waals surface area contributed by atoms with E-state index >= 15 is 0 Å². The molecule has 0 spiro atoms. The molecule has 29 heavy (non-hydrogen) atoms. The molecule has 4 aromatic rings. The molecule has 1 aromatic carbocycles. The smallest absolute Gasteiger partial charge is 0.152 e. The Morgan fingerprint density at radius 2 is 2.03 bits per heavy atom. The number of aromatic amines is 1. The summed E-state index contributed by atoms with van der Waals surface area (Å²) in [4.78, 5) is 17.0. The maximum absolute atomic E-state index is 6.26. The molecule has 0 unspecified atom stereocenters. The van der Waals surface area contributed by atoms with Crippen molar-refractivity contribution in [3.05, 3.63) is 48.0 Å². The third-order valence-electron chi connectivity index (χ3n) is 5.02. The molecule has 0 aliphatic heterocycles. The number of ether oxygens (including phenoxy) is 1. The van der Waals surface area contributed by atoms with E-state index in [2.05, 4.69) is 38.1 Å². The van der Waals surface area contributed by atoms with Crippen LogP contribution in [-0.2, 0) is 17.8 Å². The van der Waals surface area contributed by atoms with Gasteiger partial charge in [-0.1, -0.05) is 12.1 Å². The minimum absolute atomic E-state index is 0.419. The van der Waals surface area contributed by atoms with Crippen molar-refractivity contribution in [1.82, 2.24) is 19.9 Å². The topological polar surface area (TPSA) is 116 Å². The van der Waals surface area contributed by atoms with Gasteiger partial charge in [0.2, 0.25) is 0 Å². The molecule has 7 heteroatoms. The van der Waals surface area contributed by atoms with Gasteiger partial charge in [-0.05, 0) is 56.0 Å². The van der Waals surface area contributed by atoms with E-state index in [1.54, 1.807) is 6.20 Å². The van der Waals surface area contributed by atoms with Crippen LogP contribution in [0.1, 0.15) is 31.2 Å². The lowest BCUT2D eigenvalue weighted by Gasteiger charge is -2.12. The first-order valence-electron chi connectivity index (χ1n) is 10.00. The van der Waals surface area contributed by atoms with Crippen LogP contribution < -0.4 is 11.5 Å². The number of hydrogen-bond donors (Lipinski definition) is 3. The monoisotopic (exact) mass is 390 g/mol. The number of hydrogen-bond acceptors (Lipinski definition) is 6. The summed E-state index contributed by atoms with van der Waals surface area (Å²) in [5, 5.41) is 1.06. The minimum Gasteiger partial charge on any atom is -0.382 e. The second-order valence-electron chi connectivity index (χ2n) is 7.06. The summed E-state index contributed by atoms with van der Waals surface area (Å²) in [5.41, 5.74) is 17.8. The molecular formula is C22H26N6O. The Morgan fingerprint density at radius 3 is 2.79 bits per heavy atom. The van der Waals surface area contributed by atoms with Crippen molar-refractivity contribution in [1.29, 1.82) is 0 Å². The van der Waals surface area contributed by atoms with Crippen molar-refractivity contribution in [3.8, 4) is 11.1 Å². The predicted octanol–water partition coefficient (Wildman–Crippen LogP) is 3.57. The first-order valence-corrected chi connectivity index (χ1v) is 10.00. The number of nitrogens with zero attached hydrogens (tertiary/aromatic N) is 3.